The zero-order valence-electron chi connectivity index (χ0n) is 81.2. The van der Waals surface area contributed by atoms with Gasteiger partial charge in [0.15, 0.2) is 21.4 Å². The van der Waals surface area contributed by atoms with Gasteiger partial charge in [-0.05, 0) is 229 Å². The molecule has 0 atom stereocenters. The van der Waals surface area contributed by atoms with Crippen molar-refractivity contribution in [2.45, 2.75) is 0 Å². The largest absolute Gasteiger partial charge is 0.309 e. The third kappa shape index (κ3) is 17.7. The predicted molar refractivity (Wildman–Crippen MR) is 634 cm³/mol. The van der Waals surface area contributed by atoms with Crippen LogP contribution >= 0.6 is 21.4 Å². The second kappa shape index (κ2) is 40.8. The zero-order chi connectivity index (χ0) is 99.3. The minimum Gasteiger partial charge on any atom is -0.309 e. The number of fused-ring (bicyclic) bond motifs is 7. The molecule has 3 nitrogen and oxygen atoms in total. The van der Waals surface area contributed by atoms with E-state index < -0.39 is 21.4 Å². The summed E-state index contributed by atoms with van der Waals surface area (Å²) in [6.07, 6.45) is 0. The molecule has 0 fully saturated rings. The monoisotopic (exact) mass is 1940 g/mol. The van der Waals surface area contributed by atoms with E-state index in [-0.39, 0.29) is 0 Å². The fourth-order valence-electron chi connectivity index (χ4n) is 21.8. The van der Waals surface area contributed by atoms with Gasteiger partial charge >= 0.3 is 0 Å². The minimum absolute atomic E-state index is 0.827. The molecule has 0 heterocycles. The van der Waals surface area contributed by atoms with Crippen LogP contribution in [0.15, 0.2) is 601 Å². The first kappa shape index (κ1) is 92.6. The van der Waals surface area contributed by atoms with Gasteiger partial charge in [0, 0.05) is 47.7 Å². The summed E-state index contributed by atoms with van der Waals surface area (Å²) in [5.74, 6) is 0. The first-order valence-corrected chi connectivity index (χ1v) is 55.5. The molecule has 0 radical (unpaired) electrons. The van der Waals surface area contributed by atoms with Crippen LogP contribution in [0.4, 0.5) is 0 Å². The van der Waals surface area contributed by atoms with E-state index in [2.05, 4.69) is 394 Å². The third-order valence-electron chi connectivity index (χ3n) is 29.0. The lowest BCUT2D eigenvalue weighted by Crippen LogP contribution is -2.25. The molecule has 148 heavy (non-hydrogen) atoms. The van der Waals surface area contributed by atoms with Gasteiger partial charge in [-0.25, -0.2) is 0 Å². The quantitative estimate of drug-likeness (QED) is 0.0599. The van der Waals surface area contributed by atoms with Crippen LogP contribution < -0.4 is 47.7 Å². The molecule has 0 saturated heterocycles. The maximum absolute atomic E-state index is 15.2. The molecule has 0 aliphatic carbocycles. The highest BCUT2D eigenvalue weighted by Crippen LogP contribution is 2.52. The first-order valence-electron chi connectivity index (χ1n) is 50.4. The molecular formula is C142H99O3P3. The van der Waals surface area contributed by atoms with Gasteiger partial charge in [0.2, 0.25) is 0 Å². The lowest BCUT2D eigenvalue weighted by molar-refractivity contribution is 0.591. The highest BCUT2D eigenvalue weighted by Gasteiger charge is 2.34. The second-order valence-electron chi connectivity index (χ2n) is 37.7. The van der Waals surface area contributed by atoms with Gasteiger partial charge in [0.25, 0.3) is 0 Å². The molecule has 0 bridgehead atoms. The van der Waals surface area contributed by atoms with Gasteiger partial charge in [-0.1, -0.05) is 558 Å². The normalized spacial score (nSPS) is 11.6. The first-order chi connectivity index (χ1) is 73.0. The van der Waals surface area contributed by atoms with Crippen molar-refractivity contribution in [1.29, 1.82) is 0 Å². The fraction of sp³-hybridized carbons (Fsp3) is 0. The Morgan fingerprint density at radius 1 is 0.0946 bits per heavy atom. The Bertz CT molecular complexity index is 9250. The molecule has 0 aliphatic heterocycles. The van der Waals surface area contributed by atoms with E-state index in [1.165, 1.54) is 142 Å². The Balaban J connectivity index is 0.000000119. The Hall–Kier alpha value is -17.8. The standard InChI is InChI=1S/C50H35OP.C48H33OP.C44H31OP/c51-52(42-16-6-2-7-17-42,43-18-8-3-9-19-43)44-34-32-39(33-35-44)38-26-30-41(31-27-38)50-47-22-12-10-20-45(47)49(46-21-11-13-23-48(46)50)40-28-24-37(25-29-40)36-14-4-1-5-15-36;49-50(40-20-3-1-4-21-40,41-22-5-2-6-23-41)42-24-14-18-37(33-42)36-17-13-19-38(32-36)47-43-25-9-11-27-45(43)48(46-28-12-10-26-44(46)47)39-30-29-34-15-7-8-16-35(34)31-39;45-46(39-18-6-2-7-19-39,40-20-8-3-9-21-40)41-26-24-33(25-27-41)37-29-36(32-14-4-1-5-15-32)30-38(31-37)44-42-22-12-10-16-34(42)28-35-17-11-13-23-43(35)44/h1-35H;1-33H;1-31H. The lowest BCUT2D eigenvalue weighted by Gasteiger charge is -2.21. The van der Waals surface area contributed by atoms with Crippen LogP contribution in [-0.4, -0.2) is 0 Å². The molecular weight excluding hydrogens is 1850 g/mol. The van der Waals surface area contributed by atoms with E-state index >= 15 is 4.57 Å². The molecule has 0 amide bonds. The predicted octanol–water partition coefficient (Wildman–Crippen LogP) is 34.7. The number of benzene rings is 26. The maximum Gasteiger partial charge on any atom is 0.171 e. The van der Waals surface area contributed by atoms with Crippen molar-refractivity contribution in [3.63, 3.8) is 0 Å². The summed E-state index contributed by atoms with van der Waals surface area (Å²) < 4.78 is 45.1. The average molecular weight is 1950 g/mol. The summed E-state index contributed by atoms with van der Waals surface area (Å²) in [5.41, 5.74) is 23.4. The van der Waals surface area contributed by atoms with E-state index in [0.29, 0.717) is 0 Å². The van der Waals surface area contributed by atoms with E-state index in [9.17, 15) is 9.13 Å². The molecule has 700 valence electrons. The van der Waals surface area contributed by atoms with Crippen LogP contribution in [0.5, 0.6) is 0 Å². The van der Waals surface area contributed by atoms with Crippen LogP contribution in [0.2, 0.25) is 0 Å². The minimum atomic E-state index is -3.11. The molecule has 26 aromatic carbocycles. The van der Waals surface area contributed by atoms with Crippen molar-refractivity contribution >= 4 is 145 Å². The van der Waals surface area contributed by atoms with E-state index in [1.807, 2.05) is 206 Å². The van der Waals surface area contributed by atoms with Crippen molar-refractivity contribution in [2.24, 2.45) is 0 Å². The van der Waals surface area contributed by atoms with Crippen molar-refractivity contribution in [1.82, 2.24) is 0 Å². The van der Waals surface area contributed by atoms with Crippen molar-refractivity contribution in [2.75, 3.05) is 0 Å². The topological polar surface area (TPSA) is 51.2 Å². The van der Waals surface area contributed by atoms with Crippen LogP contribution in [0.1, 0.15) is 0 Å². The van der Waals surface area contributed by atoms with Crippen molar-refractivity contribution < 1.29 is 13.7 Å². The molecule has 26 rings (SSSR count). The van der Waals surface area contributed by atoms with Crippen LogP contribution in [0.25, 0.3) is 187 Å². The van der Waals surface area contributed by atoms with Gasteiger partial charge in [-0.3, -0.25) is 0 Å². The highest BCUT2D eigenvalue weighted by molar-refractivity contribution is 7.86. The Morgan fingerprint density at radius 2 is 0.291 bits per heavy atom. The Kier molecular flexibility index (Phi) is 25.5. The third-order valence-corrected chi connectivity index (χ3v) is 38.2. The van der Waals surface area contributed by atoms with Gasteiger partial charge in [0.05, 0.1) is 0 Å². The summed E-state index contributed by atoms with van der Waals surface area (Å²) >= 11 is 0. The van der Waals surface area contributed by atoms with Gasteiger partial charge in [0.1, 0.15) is 0 Å². The lowest BCUT2D eigenvalue weighted by atomic mass is 9.85. The number of hydrogen-bond acceptors (Lipinski definition) is 3. The van der Waals surface area contributed by atoms with E-state index in [1.54, 1.807) is 0 Å². The summed E-state index contributed by atoms with van der Waals surface area (Å²) in [6.45, 7) is 0. The van der Waals surface area contributed by atoms with Gasteiger partial charge in [-0.2, -0.15) is 0 Å². The smallest absolute Gasteiger partial charge is 0.171 e. The molecule has 26 aromatic rings. The van der Waals surface area contributed by atoms with Crippen molar-refractivity contribution in [3.8, 4) is 111 Å². The summed E-state index contributed by atoms with van der Waals surface area (Å²) in [4.78, 5) is 0. The number of hydrogen-bond donors (Lipinski definition) is 0. The van der Waals surface area contributed by atoms with Crippen LogP contribution in [0, 0.1) is 0 Å². The summed E-state index contributed by atoms with van der Waals surface area (Å²) in [5, 5.41) is 24.8. The summed E-state index contributed by atoms with van der Waals surface area (Å²) in [6, 6.07) is 209. The Morgan fingerprint density at radius 3 is 0.649 bits per heavy atom. The maximum atomic E-state index is 15.2. The van der Waals surface area contributed by atoms with E-state index in [0.717, 1.165) is 92.2 Å². The molecule has 0 saturated carbocycles. The van der Waals surface area contributed by atoms with Crippen LogP contribution in [0.3, 0.4) is 0 Å². The SMILES string of the molecule is O=P(c1ccccc1)(c1ccccc1)c1ccc(-c2cc(-c3ccccc3)cc(-c3c4ccccc4cc4ccccc34)c2)cc1.O=P(c1ccccc1)(c1ccccc1)c1ccc(-c2ccc(-c3c4ccccc4c(-c4ccc(-c5ccccc5)cc4)c4ccccc34)cc2)cc1.O=P(c1ccccc1)(c1ccccc1)c1cccc(-c2cccc(-c3c4ccccc4c(-c4ccc5ccccc5c4)c4ccccc34)c2)c1. The zero-order valence-corrected chi connectivity index (χ0v) is 83.9. The molecule has 0 N–H and O–H groups in total. The second-order valence-corrected chi connectivity index (χ2v) is 46.0. The molecule has 6 heteroatoms. The van der Waals surface area contributed by atoms with Crippen molar-refractivity contribution in [3.05, 3.63) is 601 Å². The average Bonchev–Trinajstić information content (AvgIpc) is 0.733. The molecule has 0 spiro atoms. The molecule has 0 unspecified atom stereocenters. The Labute approximate surface area is 863 Å². The molecule has 0 aromatic heterocycles. The fourth-order valence-corrected chi connectivity index (χ4v) is 29.8. The molecule has 0 aliphatic rings. The number of rotatable bonds is 19. The van der Waals surface area contributed by atoms with Gasteiger partial charge in [-0.15, -0.1) is 0 Å². The summed E-state index contributed by atoms with van der Waals surface area (Å²) in [7, 11) is -9.19. The highest BCUT2D eigenvalue weighted by atomic mass is 31.2. The van der Waals surface area contributed by atoms with Gasteiger partial charge < -0.3 is 13.7 Å². The van der Waals surface area contributed by atoms with E-state index in [4.69, 9.17) is 0 Å². The van der Waals surface area contributed by atoms with Crippen LogP contribution in [-0.2, 0) is 13.7 Å².